The van der Waals surface area contributed by atoms with E-state index in [0.29, 0.717) is 6.07 Å². The van der Waals surface area contributed by atoms with Crippen LogP contribution in [0.3, 0.4) is 0 Å². The van der Waals surface area contributed by atoms with E-state index in [1.165, 1.54) is 0 Å². The summed E-state index contributed by atoms with van der Waals surface area (Å²) in [7, 11) is 0. The number of halogens is 3. The van der Waals surface area contributed by atoms with Crippen molar-refractivity contribution in [3.8, 4) is 5.69 Å². The highest BCUT2D eigenvalue weighted by Gasteiger charge is 2.35. The van der Waals surface area contributed by atoms with Gasteiger partial charge in [-0.3, -0.25) is 10.1 Å². The lowest BCUT2D eigenvalue weighted by atomic mass is 10.1. The first-order valence-electron chi connectivity index (χ1n) is 7.51. The highest BCUT2D eigenvalue weighted by molar-refractivity contribution is 5.57. The zero-order valence-electron chi connectivity index (χ0n) is 13.3. The predicted octanol–water partition coefficient (Wildman–Crippen LogP) is 4.41. The summed E-state index contributed by atoms with van der Waals surface area (Å²) in [5.41, 5.74) is -0.242. The van der Waals surface area contributed by atoms with Crippen LogP contribution in [0.1, 0.15) is 11.1 Å². The third-order valence-corrected chi connectivity index (χ3v) is 3.74. The van der Waals surface area contributed by atoms with Gasteiger partial charge in [0.2, 0.25) is 0 Å². The number of anilines is 1. The van der Waals surface area contributed by atoms with Crippen molar-refractivity contribution in [2.24, 2.45) is 0 Å². The van der Waals surface area contributed by atoms with E-state index in [2.05, 4.69) is 10.3 Å². The molecule has 0 spiro atoms. The zero-order valence-corrected chi connectivity index (χ0v) is 13.3. The molecular formula is C17H13F3N4O2. The number of nitrogens with one attached hydrogen (secondary N) is 1. The monoisotopic (exact) mass is 362 g/mol. The lowest BCUT2D eigenvalue weighted by Gasteiger charge is -2.14. The molecule has 26 heavy (non-hydrogen) atoms. The Kier molecular flexibility index (Phi) is 4.61. The summed E-state index contributed by atoms with van der Waals surface area (Å²) in [6.45, 7) is 0.144. The Morgan fingerprint density at radius 2 is 1.88 bits per heavy atom. The standard InChI is InChI=1S/C17H13F3N4O2/c18-17(19,20)15-9-14(24(25)26)5-6-16(15)22-10-12-1-3-13(4-2-12)23-8-7-21-11-23/h1-9,11,22H,10H2. The maximum atomic E-state index is 13.2. The molecule has 0 fully saturated rings. The molecule has 0 saturated carbocycles. The van der Waals surface area contributed by atoms with E-state index in [1.807, 2.05) is 12.1 Å². The van der Waals surface area contributed by atoms with Crippen molar-refractivity contribution in [2.75, 3.05) is 5.32 Å². The highest BCUT2D eigenvalue weighted by atomic mass is 19.4. The van der Waals surface area contributed by atoms with Gasteiger partial charge in [-0.05, 0) is 23.8 Å². The molecule has 0 saturated heterocycles. The Morgan fingerprint density at radius 1 is 1.15 bits per heavy atom. The number of alkyl halides is 3. The van der Waals surface area contributed by atoms with Crippen molar-refractivity contribution < 1.29 is 18.1 Å². The molecule has 9 heteroatoms. The molecule has 1 N–H and O–H groups in total. The molecule has 2 aromatic carbocycles. The van der Waals surface area contributed by atoms with Crippen LogP contribution in [-0.2, 0) is 12.7 Å². The van der Waals surface area contributed by atoms with Gasteiger partial charge >= 0.3 is 6.18 Å². The van der Waals surface area contributed by atoms with Crippen LogP contribution in [0.15, 0.2) is 61.2 Å². The van der Waals surface area contributed by atoms with Crippen LogP contribution in [0.25, 0.3) is 5.69 Å². The third kappa shape index (κ3) is 3.82. The van der Waals surface area contributed by atoms with Crippen LogP contribution in [0.4, 0.5) is 24.5 Å². The number of imidazole rings is 1. The van der Waals surface area contributed by atoms with E-state index < -0.39 is 22.4 Å². The molecule has 1 aromatic heterocycles. The first-order valence-corrected chi connectivity index (χ1v) is 7.51. The van der Waals surface area contributed by atoms with Crippen molar-refractivity contribution in [1.82, 2.24) is 9.55 Å². The maximum Gasteiger partial charge on any atom is 0.418 e. The summed E-state index contributed by atoms with van der Waals surface area (Å²) in [5.74, 6) is 0. The van der Waals surface area contributed by atoms with E-state index in [0.717, 1.165) is 23.4 Å². The minimum atomic E-state index is -4.69. The van der Waals surface area contributed by atoms with Gasteiger partial charge in [-0.15, -0.1) is 0 Å². The van der Waals surface area contributed by atoms with Crippen LogP contribution in [-0.4, -0.2) is 14.5 Å². The van der Waals surface area contributed by atoms with Gasteiger partial charge in [-0.25, -0.2) is 4.98 Å². The molecule has 0 radical (unpaired) electrons. The lowest BCUT2D eigenvalue weighted by Crippen LogP contribution is -2.11. The number of nitrogens with zero attached hydrogens (tertiary/aromatic N) is 3. The van der Waals surface area contributed by atoms with Crippen LogP contribution in [0.5, 0.6) is 0 Å². The number of hydrogen-bond donors (Lipinski definition) is 1. The van der Waals surface area contributed by atoms with Crippen molar-refractivity contribution in [3.63, 3.8) is 0 Å². The van der Waals surface area contributed by atoms with E-state index in [1.54, 1.807) is 35.4 Å². The number of rotatable bonds is 5. The fourth-order valence-electron chi connectivity index (χ4n) is 2.43. The fraction of sp³-hybridized carbons (Fsp3) is 0.118. The summed E-state index contributed by atoms with van der Waals surface area (Å²) in [6, 6.07) is 9.84. The normalized spacial score (nSPS) is 11.3. The summed E-state index contributed by atoms with van der Waals surface area (Å²) in [4.78, 5) is 13.8. The molecule has 0 aliphatic rings. The molecule has 0 amide bonds. The van der Waals surface area contributed by atoms with Gasteiger partial charge in [-0.2, -0.15) is 13.2 Å². The van der Waals surface area contributed by atoms with Crippen LogP contribution in [0, 0.1) is 10.1 Å². The largest absolute Gasteiger partial charge is 0.418 e. The summed E-state index contributed by atoms with van der Waals surface area (Å²) >= 11 is 0. The Labute approximate surface area is 146 Å². The number of hydrogen-bond acceptors (Lipinski definition) is 4. The molecule has 0 bridgehead atoms. The predicted molar refractivity (Wildman–Crippen MR) is 89.0 cm³/mol. The van der Waals surface area contributed by atoms with E-state index in [4.69, 9.17) is 0 Å². The van der Waals surface area contributed by atoms with Gasteiger partial charge in [0.1, 0.15) is 0 Å². The minimum absolute atomic E-state index is 0.144. The van der Waals surface area contributed by atoms with Crippen molar-refractivity contribution in [3.05, 3.63) is 82.4 Å². The summed E-state index contributed by atoms with van der Waals surface area (Å²) < 4.78 is 41.3. The molecule has 0 atom stereocenters. The Hall–Kier alpha value is -3.36. The Morgan fingerprint density at radius 3 is 2.46 bits per heavy atom. The molecule has 6 nitrogen and oxygen atoms in total. The first-order chi connectivity index (χ1) is 12.3. The summed E-state index contributed by atoms with van der Waals surface area (Å²) in [6.07, 6.45) is 0.363. The van der Waals surface area contributed by atoms with E-state index in [9.17, 15) is 23.3 Å². The second-order valence-corrected chi connectivity index (χ2v) is 5.47. The second-order valence-electron chi connectivity index (χ2n) is 5.47. The van der Waals surface area contributed by atoms with Crippen molar-refractivity contribution in [1.29, 1.82) is 0 Å². The number of benzene rings is 2. The fourth-order valence-corrected chi connectivity index (χ4v) is 2.43. The average Bonchev–Trinajstić information content (AvgIpc) is 3.14. The summed E-state index contributed by atoms with van der Waals surface area (Å²) in [5, 5.41) is 13.4. The lowest BCUT2D eigenvalue weighted by molar-refractivity contribution is -0.385. The molecule has 1 heterocycles. The molecule has 0 aliphatic carbocycles. The molecular weight excluding hydrogens is 349 g/mol. The van der Waals surface area contributed by atoms with Gasteiger partial charge in [0.05, 0.1) is 16.8 Å². The van der Waals surface area contributed by atoms with E-state index in [-0.39, 0.29) is 12.2 Å². The highest BCUT2D eigenvalue weighted by Crippen LogP contribution is 2.37. The molecule has 134 valence electrons. The smallest absolute Gasteiger partial charge is 0.380 e. The molecule has 0 aliphatic heterocycles. The maximum absolute atomic E-state index is 13.2. The van der Waals surface area contributed by atoms with Gasteiger partial charge in [0.15, 0.2) is 0 Å². The SMILES string of the molecule is O=[N+]([O-])c1ccc(NCc2ccc(-n3ccnc3)cc2)c(C(F)(F)F)c1. The quantitative estimate of drug-likeness (QED) is 0.539. The number of nitro groups is 1. The Bertz CT molecular complexity index is 907. The zero-order chi connectivity index (χ0) is 18.7. The molecule has 0 unspecified atom stereocenters. The van der Waals surface area contributed by atoms with Crippen molar-refractivity contribution in [2.45, 2.75) is 12.7 Å². The topological polar surface area (TPSA) is 73.0 Å². The average molecular weight is 362 g/mol. The number of aromatic nitrogens is 2. The number of nitro benzene ring substituents is 1. The van der Waals surface area contributed by atoms with E-state index >= 15 is 0 Å². The van der Waals surface area contributed by atoms with Crippen LogP contribution in [0.2, 0.25) is 0 Å². The van der Waals surface area contributed by atoms with Gasteiger partial charge in [-0.1, -0.05) is 12.1 Å². The molecule has 3 aromatic rings. The first kappa shape index (κ1) is 17.5. The van der Waals surface area contributed by atoms with Gasteiger partial charge < -0.3 is 9.88 Å². The second kappa shape index (κ2) is 6.87. The number of non-ortho nitro benzene ring substituents is 1. The van der Waals surface area contributed by atoms with Crippen molar-refractivity contribution >= 4 is 11.4 Å². The molecule has 3 rings (SSSR count). The van der Waals surface area contributed by atoms with Crippen LogP contribution >= 0.6 is 0 Å². The third-order valence-electron chi connectivity index (χ3n) is 3.74. The minimum Gasteiger partial charge on any atom is -0.380 e. The van der Waals surface area contributed by atoms with Gasteiger partial charge in [0, 0.05) is 42.4 Å². The Balaban J connectivity index is 1.78. The van der Waals surface area contributed by atoms with Crippen LogP contribution < -0.4 is 5.32 Å². The van der Waals surface area contributed by atoms with Gasteiger partial charge in [0.25, 0.3) is 5.69 Å².